The lowest BCUT2D eigenvalue weighted by molar-refractivity contribution is 0.179. The van der Waals surface area contributed by atoms with Gasteiger partial charge in [-0.05, 0) is 52.3 Å². The van der Waals surface area contributed by atoms with Gasteiger partial charge in [-0.3, -0.25) is 4.99 Å². The van der Waals surface area contributed by atoms with Crippen LogP contribution < -0.4 is 15.4 Å². The molecular weight excluding hydrogens is 368 g/mol. The zero-order valence-corrected chi connectivity index (χ0v) is 18.3. The van der Waals surface area contributed by atoms with Crippen LogP contribution in [0.25, 0.3) is 0 Å². The third kappa shape index (κ3) is 6.78. The Morgan fingerprint density at radius 2 is 2.00 bits per heavy atom. The van der Waals surface area contributed by atoms with Crippen LogP contribution in [0.5, 0.6) is 5.75 Å². The van der Waals surface area contributed by atoms with Crippen molar-refractivity contribution < 1.29 is 14.4 Å². The summed E-state index contributed by atoms with van der Waals surface area (Å²) in [7, 11) is 0. The van der Waals surface area contributed by atoms with Crippen molar-refractivity contribution in [2.24, 2.45) is 4.99 Å². The van der Waals surface area contributed by atoms with Crippen LogP contribution in [0.15, 0.2) is 33.8 Å². The molecule has 1 aromatic carbocycles. The highest BCUT2D eigenvalue weighted by atomic mass is 16.5. The molecule has 2 rings (SSSR count). The van der Waals surface area contributed by atoms with E-state index >= 15 is 0 Å². The second-order valence-corrected chi connectivity index (χ2v) is 7.49. The highest BCUT2D eigenvalue weighted by Crippen LogP contribution is 2.23. The molecule has 0 radical (unpaired) electrons. The molecular formula is C22H34N4O3. The summed E-state index contributed by atoms with van der Waals surface area (Å²) >= 11 is 0. The van der Waals surface area contributed by atoms with E-state index in [-0.39, 0.29) is 12.0 Å². The van der Waals surface area contributed by atoms with Crippen molar-refractivity contribution in [2.75, 3.05) is 19.6 Å². The smallest absolute Gasteiger partial charge is 0.191 e. The summed E-state index contributed by atoms with van der Waals surface area (Å²) in [5, 5.41) is 21.0. The van der Waals surface area contributed by atoms with Gasteiger partial charge in [0.1, 0.15) is 11.5 Å². The second kappa shape index (κ2) is 10.9. The van der Waals surface area contributed by atoms with Gasteiger partial charge in [-0.15, -0.1) is 0 Å². The highest BCUT2D eigenvalue weighted by molar-refractivity contribution is 5.79. The predicted molar refractivity (Wildman–Crippen MR) is 116 cm³/mol. The molecule has 0 spiro atoms. The van der Waals surface area contributed by atoms with E-state index in [4.69, 9.17) is 9.26 Å². The highest BCUT2D eigenvalue weighted by Gasteiger charge is 2.16. The van der Waals surface area contributed by atoms with Crippen LogP contribution in [0.4, 0.5) is 0 Å². The fraction of sp³-hybridized carbons (Fsp3) is 0.545. The first-order valence-corrected chi connectivity index (χ1v) is 10.2. The molecule has 2 unspecified atom stereocenters. The molecule has 29 heavy (non-hydrogen) atoms. The van der Waals surface area contributed by atoms with Crippen LogP contribution in [0.2, 0.25) is 0 Å². The Labute approximate surface area is 173 Å². The quantitative estimate of drug-likeness (QED) is 0.439. The number of hydrogen-bond donors (Lipinski definition) is 3. The Hall–Kier alpha value is -2.54. The number of benzene rings is 1. The lowest BCUT2D eigenvalue weighted by Gasteiger charge is -2.17. The van der Waals surface area contributed by atoms with Gasteiger partial charge in [0.05, 0.1) is 17.9 Å². The van der Waals surface area contributed by atoms with Gasteiger partial charge in [-0.1, -0.05) is 24.2 Å². The fourth-order valence-electron chi connectivity index (χ4n) is 3.23. The molecule has 7 nitrogen and oxygen atoms in total. The van der Waals surface area contributed by atoms with Gasteiger partial charge in [0.15, 0.2) is 5.96 Å². The molecule has 0 amide bonds. The van der Waals surface area contributed by atoms with Gasteiger partial charge in [0.2, 0.25) is 0 Å². The number of aliphatic hydroxyl groups is 1. The van der Waals surface area contributed by atoms with Crippen LogP contribution in [0, 0.1) is 13.8 Å². The Kier molecular flexibility index (Phi) is 8.51. The van der Waals surface area contributed by atoms with Gasteiger partial charge in [0, 0.05) is 31.1 Å². The minimum Gasteiger partial charge on any atom is -0.491 e. The van der Waals surface area contributed by atoms with Crippen molar-refractivity contribution in [2.45, 2.75) is 59.7 Å². The van der Waals surface area contributed by atoms with E-state index in [1.165, 1.54) is 0 Å². The van der Waals surface area contributed by atoms with Gasteiger partial charge in [0.25, 0.3) is 0 Å². The van der Waals surface area contributed by atoms with E-state index in [9.17, 15) is 5.11 Å². The van der Waals surface area contributed by atoms with Crippen molar-refractivity contribution in [1.29, 1.82) is 0 Å². The number of aliphatic imine (C=N–C) groups is 1. The van der Waals surface area contributed by atoms with Crippen molar-refractivity contribution in [3.63, 3.8) is 0 Å². The topological polar surface area (TPSA) is 91.9 Å². The fourth-order valence-corrected chi connectivity index (χ4v) is 3.23. The maximum Gasteiger partial charge on any atom is 0.191 e. The average molecular weight is 403 g/mol. The van der Waals surface area contributed by atoms with Crippen LogP contribution in [-0.4, -0.2) is 42.0 Å². The molecule has 0 aliphatic heterocycles. The monoisotopic (exact) mass is 402 g/mol. The van der Waals surface area contributed by atoms with Crippen LogP contribution >= 0.6 is 0 Å². The first-order chi connectivity index (χ1) is 13.8. The summed E-state index contributed by atoms with van der Waals surface area (Å²) < 4.78 is 11.0. The SMILES string of the molecule is CCNC(=NCC(C)c1c(C)noc1C)NCC(O)c1cccc(OC(C)C)c1. The van der Waals surface area contributed by atoms with Gasteiger partial charge >= 0.3 is 0 Å². The summed E-state index contributed by atoms with van der Waals surface area (Å²) in [5.74, 6) is 2.44. The van der Waals surface area contributed by atoms with Crippen LogP contribution in [-0.2, 0) is 0 Å². The molecule has 2 aromatic rings. The maximum atomic E-state index is 10.6. The molecule has 0 bridgehead atoms. The molecule has 3 N–H and O–H groups in total. The summed E-state index contributed by atoms with van der Waals surface area (Å²) in [5.41, 5.74) is 2.81. The lowest BCUT2D eigenvalue weighted by atomic mass is 10.00. The normalized spacial score (nSPS) is 14.0. The molecule has 0 saturated carbocycles. The Bertz CT molecular complexity index is 782. The van der Waals surface area contributed by atoms with Crippen LogP contribution in [0.1, 0.15) is 62.3 Å². The van der Waals surface area contributed by atoms with Gasteiger partial charge in [-0.2, -0.15) is 0 Å². The minimum absolute atomic E-state index is 0.0905. The minimum atomic E-state index is -0.672. The number of hydrogen-bond acceptors (Lipinski definition) is 5. The van der Waals surface area contributed by atoms with Crippen molar-refractivity contribution >= 4 is 5.96 Å². The summed E-state index contributed by atoms with van der Waals surface area (Å²) in [6, 6.07) is 7.55. The zero-order chi connectivity index (χ0) is 21.4. The molecule has 160 valence electrons. The van der Waals surface area contributed by atoms with Gasteiger partial charge in [-0.25, -0.2) is 0 Å². The van der Waals surface area contributed by atoms with Gasteiger partial charge < -0.3 is 25.0 Å². The number of ether oxygens (including phenoxy) is 1. The van der Waals surface area contributed by atoms with Crippen molar-refractivity contribution in [3.05, 3.63) is 46.8 Å². The van der Waals surface area contributed by atoms with E-state index in [1.54, 1.807) is 0 Å². The molecule has 0 saturated heterocycles. The first-order valence-electron chi connectivity index (χ1n) is 10.2. The average Bonchev–Trinajstić information content (AvgIpc) is 3.01. The molecule has 2 atom stereocenters. The van der Waals surface area contributed by atoms with E-state index in [0.717, 1.165) is 34.9 Å². The predicted octanol–water partition coefficient (Wildman–Crippen LogP) is 3.47. The van der Waals surface area contributed by atoms with E-state index in [1.807, 2.05) is 58.9 Å². The molecule has 1 heterocycles. The first kappa shape index (κ1) is 22.7. The summed E-state index contributed by atoms with van der Waals surface area (Å²) in [6.07, 6.45) is -0.581. The number of aliphatic hydroxyl groups excluding tert-OH is 1. The molecule has 1 aromatic heterocycles. The zero-order valence-electron chi connectivity index (χ0n) is 18.3. The molecule has 0 aliphatic rings. The standard InChI is InChI=1S/C22H34N4O3/c1-7-23-22(24-12-15(4)21-16(5)26-29-17(21)6)25-13-20(27)18-9-8-10-19(11-18)28-14(2)3/h8-11,14-15,20,27H,7,12-13H2,1-6H3,(H2,23,24,25). The number of nitrogens with zero attached hydrogens (tertiary/aromatic N) is 2. The van der Waals surface area contributed by atoms with Crippen molar-refractivity contribution in [1.82, 2.24) is 15.8 Å². The third-order valence-electron chi connectivity index (χ3n) is 4.53. The molecule has 7 heteroatoms. The maximum absolute atomic E-state index is 10.6. The Morgan fingerprint density at radius 3 is 2.62 bits per heavy atom. The van der Waals surface area contributed by atoms with E-state index < -0.39 is 6.10 Å². The number of aromatic nitrogens is 1. The van der Waals surface area contributed by atoms with E-state index in [0.29, 0.717) is 19.0 Å². The Balaban J connectivity index is 1.98. The van der Waals surface area contributed by atoms with E-state index in [2.05, 4.69) is 27.7 Å². The van der Waals surface area contributed by atoms with Crippen molar-refractivity contribution in [3.8, 4) is 5.75 Å². The Morgan fingerprint density at radius 1 is 1.24 bits per heavy atom. The molecule has 0 aliphatic carbocycles. The third-order valence-corrected chi connectivity index (χ3v) is 4.53. The van der Waals surface area contributed by atoms with Crippen LogP contribution in [0.3, 0.4) is 0 Å². The number of rotatable bonds is 9. The number of nitrogens with one attached hydrogen (secondary N) is 2. The lowest BCUT2D eigenvalue weighted by Crippen LogP contribution is -2.39. The summed E-state index contributed by atoms with van der Waals surface area (Å²) in [6.45, 7) is 13.6. The second-order valence-electron chi connectivity index (χ2n) is 7.49. The largest absolute Gasteiger partial charge is 0.491 e. The summed E-state index contributed by atoms with van der Waals surface area (Å²) in [4.78, 5) is 4.66. The molecule has 0 fully saturated rings. The number of guanidine groups is 1. The number of aryl methyl sites for hydroxylation is 2.